The molecule has 1 heterocycles. The standard InChI is InChI=1S/C26H25ClFN3O5/c1-36-26(15-32)13-19(24(34)29-17-7-5-16(27)6-8-17)20(14-26)25(35)30-22-10-9-18(12-21(22)28)31-11-3-2-4-23(31)33/h2-12,19-20,32H,13-15H2,1H3,(H,29,34)(H,30,35)/t19-,20-,26+/m0/s1. The highest BCUT2D eigenvalue weighted by Crippen LogP contribution is 2.42. The van der Waals surface area contributed by atoms with Crippen LogP contribution in [0.4, 0.5) is 15.8 Å². The number of aromatic nitrogens is 1. The Balaban J connectivity index is 1.55. The number of carbonyl (C=O) groups is 2. The smallest absolute Gasteiger partial charge is 0.255 e. The van der Waals surface area contributed by atoms with E-state index in [2.05, 4.69) is 10.6 Å². The van der Waals surface area contributed by atoms with Gasteiger partial charge in [0.1, 0.15) is 5.82 Å². The third-order valence-electron chi connectivity index (χ3n) is 6.49. The number of aliphatic hydroxyl groups is 1. The van der Waals surface area contributed by atoms with Gasteiger partial charge in [0, 0.05) is 36.1 Å². The Hall–Kier alpha value is -3.53. The highest BCUT2D eigenvalue weighted by molar-refractivity contribution is 6.30. The van der Waals surface area contributed by atoms with Crippen LogP contribution in [0.25, 0.3) is 5.69 Å². The van der Waals surface area contributed by atoms with Gasteiger partial charge in [0.25, 0.3) is 5.56 Å². The number of methoxy groups -OCH3 is 1. The van der Waals surface area contributed by atoms with Crippen molar-refractivity contribution >= 4 is 34.8 Å². The number of carbonyl (C=O) groups excluding carboxylic acids is 2. The van der Waals surface area contributed by atoms with Crippen LogP contribution in [-0.4, -0.2) is 40.8 Å². The van der Waals surface area contributed by atoms with Crippen molar-refractivity contribution in [1.82, 2.24) is 4.57 Å². The third-order valence-corrected chi connectivity index (χ3v) is 6.74. The zero-order chi connectivity index (χ0) is 25.9. The van der Waals surface area contributed by atoms with Gasteiger partial charge in [0.2, 0.25) is 11.8 Å². The number of ether oxygens (including phenoxy) is 1. The molecule has 0 bridgehead atoms. The number of anilines is 2. The first-order valence-electron chi connectivity index (χ1n) is 11.3. The SMILES string of the molecule is CO[C@]1(CO)C[C@H](C(=O)Nc2ccc(Cl)cc2)[C@@H](C(=O)Nc2ccc(-n3ccccc3=O)cc2F)C1. The number of hydrogen-bond donors (Lipinski definition) is 3. The number of benzene rings is 2. The Labute approximate surface area is 211 Å². The van der Waals surface area contributed by atoms with Gasteiger partial charge in [-0.2, -0.15) is 0 Å². The van der Waals surface area contributed by atoms with E-state index in [4.69, 9.17) is 16.3 Å². The van der Waals surface area contributed by atoms with E-state index in [1.165, 1.54) is 36.1 Å². The van der Waals surface area contributed by atoms with Crippen LogP contribution in [0.5, 0.6) is 0 Å². The van der Waals surface area contributed by atoms with Crippen molar-refractivity contribution in [2.45, 2.75) is 18.4 Å². The molecule has 0 radical (unpaired) electrons. The van der Waals surface area contributed by atoms with Crippen LogP contribution in [0.1, 0.15) is 12.8 Å². The fraction of sp³-hybridized carbons (Fsp3) is 0.269. The van der Waals surface area contributed by atoms with Gasteiger partial charge in [-0.1, -0.05) is 17.7 Å². The Morgan fingerprint density at radius 1 is 1.08 bits per heavy atom. The van der Waals surface area contributed by atoms with Crippen molar-refractivity contribution in [2.75, 3.05) is 24.4 Å². The molecule has 1 aliphatic carbocycles. The summed E-state index contributed by atoms with van der Waals surface area (Å²) in [5, 5.41) is 15.8. The van der Waals surface area contributed by atoms with Gasteiger partial charge in [-0.25, -0.2) is 4.39 Å². The number of aliphatic hydroxyl groups excluding tert-OH is 1. The molecule has 3 N–H and O–H groups in total. The average Bonchev–Trinajstić information content (AvgIpc) is 3.28. The Morgan fingerprint density at radius 2 is 1.75 bits per heavy atom. The Bertz CT molecular complexity index is 1320. The molecule has 1 aromatic heterocycles. The lowest BCUT2D eigenvalue weighted by molar-refractivity contribution is -0.128. The lowest BCUT2D eigenvalue weighted by atomic mass is 9.94. The first-order valence-corrected chi connectivity index (χ1v) is 11.6. The summed E-state index contributed by atoms with van der Waals surface area (Å²) in [7, 11) is 1.41. The second-order valence-corrected chi connectivity index (χ2v) is 9.16. The molecule has 36 heavy (non-hydrogen) atoms. The van der Waals surface area contributed by atoms with Crippen LogP contribution in [0.2, 0.25) is 5.02 Å². The van der Waals surface area contributed by atoms with E-state index in [1.54, 1.807) is 36.4 Å². The lowest BCUT2D eigenvalue weighted by Gasteiger charge is -2.25. The minimum atomic E-state index is -1.08. The molecule has 1 fully saturated rings. The van der Waals surface area contributed by atoms with E-state index >= 15 is 0 Å². The van der Waals surface area contributed by atoms with Crippen molar-refractivity contribution in [2.24, 2.45) is 11.8 Å². The Morgan fingerprint density at radius 3 is 2.33 bits per heavy atom. The first-order chi connectivity index (χ1) is 17.2. The number of hydrogen-bond acceptors (Lipinski definition) is 5. The van der Waals surface area contributed by atoms with E-state index in [0.29, 0.717) is 16.4 Å². The summed E-state index contributed by atoms with van der Waals surface area (Å²) in [4.78, 5) is 38.4. The minimum absolute atomic E-state index is 0.0731. The molecule has 0 aliphatic heterocycles. The van der Waals surface area contributed by atoms with E-state index in [-0.39, 0.29) is 30.7 Å². The van der Waals surface area contributed by atoms with Crippen LogP contribution >= 0.6 is 11.6 Å². The predicted octanol–water partition coefficient (Wildman–Crippen LogP) is 3.61. The molecule has 3 aromatic rings. The maximum atomic E-state index is 14.9. The van der Waals surface area contributed by atoms with Gasteiger partial charge < -0.3 is 20.5 Å². The molecule has 4 rings (SSSR count). The molecular weight excluding hydrogens is 489 g/mol. The van der Waals surface area contributed by atoms with E-state index in [1.807, 2.05) is 0 Å². The van der Waals surface area contributed by atoms with E-state index in [0.717, 1.165) is 6.07 Å². The Kier molecular flexibility index (Phi) is 7.53. The van der Waals surface area contributed by atoms with E-state index < -0.39 is 35.1 Å². The fourth-order valence-corrected chi connectivity index (χ4v) is 4.60. The molecule has 2 aromatic carbocycles. The maximum Gasteiger partial charge on any atom is 0.255 e. The molecule has 3 atom stereocenters. The van der Waals surface area contributed by atoms with Crippen molar-refractivity contribution < 1.29 is 23.8 Å². The van der Waals surface area contributed by atoms with Gasteiger partial charge in [-0.3, -0.25) is 19.0 Å². The zero-order valence-electron chi connectivity index (χ0n) is 19.4. The van der Waals surface area contributed by atoms with E-state index in [9.17, 15) is 23.9 Å². The summed E-state index contributed by atoms with van der Waals surface area (Å²) < 4.78 is 21.7. The summed E-state index contributed by atoms with van der Waals surface area (Å²) >= 11 is 5.90. The minimum Gasteiger partial charge on any atom is -0.393 e. The summed E-state index contributed by atoms with van der Waals surface area (Å²) in [6.45, 7) is -0.382. The monoisotopic (exact) mass is 513 g/mol. The van der Waals surface area contributed by atoms with Crippen LogP contribution in [-0.2, 0) is 14.3 Å². The average molecular weight is 514 g/mol. The summed E-state index contributed by atoms with van der Waals surface area (Å²) in [6.07, 6.45) is 1.69. The molecule has 0 saturated heterocycles. The molecule has 0 unspecified atom stereocenters. The molecule has 2 amide bonds. The number of rotatable bonds is 7. The molecule has 0 spiro atoms. The van der Waals surface area contributed by atoms with Gasteiger partial charge in [-0.15, -0.1) is 0 Å². The molecule has 1 saturated carbocycles. The molecular formula is C26H25ClFN3O5. The molecule has 10 heteroatoms. The van der Waals surface area contributed by atoms with Crippen LogP contribution in [0.3, 0.4) is 0 Å². The number of amides is 2. The third kappa shape index (κ3) is 5.33. The highest BCUT2D eigenvalue weighted by atomic mass is 35.5. The summed E-state index contributed by atoms with van der Waals surface area (Å²) in [5.41, 5.74) is -0.699. The largest absolute Gasteiger partial charge is 0.393 e. The number of nitrogens with zero attached hydrogens (tertiary/aromatic N) is 1. The molecule has 188 valence electrons. The van der Waals surface area contributed by atoms with Crippen LogP contribution in [0.15, 0.2) is 71.7 Å². The highest BCUT2D eigenvalue weighted by Gasteiger charge is 2.51. The lowest BCUT2D eigenvalue weighted by Crippen LogP contribution is -2.34. The summed E-state index contributed by atoms with van der Waals surface area (Å²) in [5.74, 6) is -3.47. The summed E-state index contributed by atoms with van der Waals surface area (Å²) in [6, 6.07) is 15.1. The van der Waals surface area contributed by atoms with Crippen molar-refractivity contribution in [3.05, 3.63) is 88.1 Å². The first kappa shape index (κ1) is 25.6. The normalized spacial score (nSPS) is 21.2. The van der Waals surface area contributed by atoms with Gasteiger partial charge >= 0.3 is 0 Å². The molecule has 8 nitrogen and oxygen atoms in total. The van der Waals surface area contributed by atoms with Gasteiger partial charge in [0.05, 0.1) is 35.4 Å². The quantitative estimate of drug-likeness (QED) is 0.447. The number of halogens is 2. The van der Waals surface area contributed by atoms with Crippen molar-refractivity contribution in [1.29, 1.82) is 0 Å². The predicted molar refractivity (Wildman–Crippen MR) is 134 cm³/mol. The second-order valence-electron chi connectivity index (χ2n) is 8.72. The molecule has 1 aliphatic rings. The number of nitrogens with one attached hydrogen (secondary N) is 2. The fourth-order valence-electron chi connectivity index (χ4n) is 4.47. The van der Waals surface area contributed by atoms with Crippen molar-refractivity contribution in [3.63, 3.8) is 0 Å². The topological polar surface area (TPSA) is 110 Å². The zero-order valence-corrected chi connectivity index (χ0v) is 20.2. The van der Waals surface area contributed by atoms with Crippen molar-refractivity contribution in [3.8, 4) is 5.69 Å². The second kappa shape index (κ2) is 10.6. The maximum absolute atomic E-state index is 14.9. The van der Waals surface area contributed by atoms with Crippen LogP contribution < -0.4 is 16.2 Å². The number of pyridine rings is 1. The van der Waals surface area contributed by atoms with Gasteiger partial charge in [-0.05, 0) is 55.3 Å². The van der Waals surface area contributed by atoms with Crippen LogP contribution in [0, 0.1) is 17.7 Å². The van der Waals surface area contributed by atoms with Gasteiger partial charge in [0.15, 0.2) is 0 Å².